The summed E-state index contributed by atoms with van der Waals surface area (Å²) >= 11 is 0. The summed E-state index contributed by atoms with van der Waals surface area (Å²) in [5, 5.41) is 25.6. The van der Waals surface area contributed by atoms with Crippen molar-refractivity contribution in [1.82, 2.24) is 25.3 Å². The molecule has 2 saturated carbocycles. The number of anilines is 1. The first-order valence-corrected chi connectivity index (χ1v) is 11.8. The minimum absolute atomic E-state index is 0.0309. The topological polar surface area (TPSA) is 125 Å². The highest BCUT2D eigenvalue weighted by molar-refractivity contribution is 6.43. The summed E-state index contributed by atoms with van der Waals surface area (Å²) < 4.78 is 70.1. The summed E-state index contributed by atoms with van der Waals surface area (Å²) in [5.41, 5.74) is -0.725. The van der Waals surface area contributed by atoms with Crippen LogP contribution in [-0.2, 0) is 16.8 Å². The predicted molar refractivity (Wildman–Crippen MR) is 120 cm³/mol. The molecule has 3 aliphatic rings. The van der Waals surface area contributed by atoms with Crippen molar-refractivity contribution in [1.29, 1.82) is 0 Å². The minimum Gasteiger partial charge on any atom is -0.368 e. The number of halogens is 5. The van der Waals surface area contributed by atoms with Crippen LogP contribution in [0.1, 0.15) is 64.5 Å². The smallest absolute Gasteiger partial charge is 0.293 e. The third kappa shape index (κ3) is 3.68. The largest absolute Gasteiger partial charge is 0.368 e. The molecule has 1 aliphatic heterocycles. The molecule has 4 N–H and O–H groups in total. The van der Waals surface area contributed by atoms with E-state index in [0.29, 0.717) is 24.2 Å². The number of nitrogens with zero attached hydrogens (tertiary/aromatic N) is 3. The summed E-state index contributed by atoms with van der Waals surface area (Å²) in [4.78, 5) is 26.5. The first-order chi connectivity index (χ1) is 17.9. The van der Waals surface area contributed by atoms with Crippen LogP contribution in [0.2, 0.25) is 0 Å². The highest BCUT2D eigenvalue weighted by Crippen LogP contribution is 2.55. The molecule has 200 valence electrons. The third-order valence-corrected chi connectivity index (χ3v) is 7.63. The van der Waals surface area contributed by atoms with Crippen molar-refractivity contribution in [3.63, 3.8) is 0 Å². The molecule has 2 fully saturated rings. The van der Waals surface area contributed by atoms with Gasteiger partial charge in [-0.05, 0) is 31.2 Å². The molecule has 1 aromatic carbocycles. The number of carbonyl (C=O) groups excluding carboxylic acids is 2. The molecule has 38 heavy (non-hydrogen) atoms. The van der Waals surface area contributed by atoms with Crippen LogP contribution in [0.4, 0.5) is 27.6 Å². The Bertz CT molecular complexity index is 1460. The molecule has 0 radical (unpaired) electrons. The predicted octanol–water partition coefficient (Wildman–Crippen LogP) is 3.18. The number of rotatable bonds is 7. The van der Waals surface area contributed by atoms with Gasteiger partial charge in [-0.25, -0.2) is 22.0 Å². The van der Waals surface area contributed by atoms with Crippen molar-refractivity contribution in [2.75, 3.05) is 5.32 Å². The molecule has 0 spiro atoms. The van der Waals surface area contributed by atoms with Gasteiger partial charge in [-0.3, -0.25) is 14.7 Å². The molecular weight excluding hydrogens is 515 g/mol. The number of hydrogen-bond donors (Lipinski definition) is 4. The van der Waals surface area contributed by atoms with E-state index in [-0.39, 0.29) is 40.2 Å². The van der Waals surface area contributed by atoms with E-state index in [1.807, 2.05) is 0 Å². The second kappa shape index (κ2) is 8.09. The monoisotopic (exact) mass is 536 g/mol. The number of Topliss-reactive ketones (excluding diaryl/α,β-unsaturated/α-hetero) is 1. The van der Waals surface area contributed by atoms with Gasteiger partial charge in [0.15, 0.2) is 23.7 Å². The molecule has 2 aromatic heterocycles. The lowest BCUT2D eigenvalue weighted by atomic mass is 9.71. The number of aliphatic hydroxyl groups is 1. The maximum Gasteiger partial charge on any atom is 0.293 e. The van der Waals surface area contributed by atoms with Crippen LogP contribution in [0.25, 0.3) is 0 Å². The number of aromatic amines is 1. The molecule has 1 amide bonds. The quantitative estimate of drug-likeness (QED) is 0.121. The molecule has 9 nitrogen and oxygen atoms in total. The number of benzene rings is 1. The number of aliphatic hydroxyl groups excluding tert-OH is 1. The van der Waals surface area contributed by atoms with Gasteiger partial charge in [-0.2, -0.15) is 0 Å². The van der Waals surface area contributed by atoms with Gasteiger partial charge >= 0.3 is 0 Å². The zero-order chi connectivity index (χ0) is 27.1. The fraction of sp³-hybridized carbons (Fsp3) is 0.417. The number of carbonyl (C=O) groups is 2. The van der Waals surface area contributed by atoms with Gasteiger partial charge in [0.05, 0.1) is 16.8 Å². The highest BCUT2D eigenvalue weighted by atomic mass is 19.3. The number of nitrogens with one attached hydrogen (secondary N) is 3. The van der Waals surface area contributed by atoms with Gasteiger partial charge in [0.25, 0.3) is 17.6 Å². The van der Waals surface area contributed by atoms with Gasteiger partial charge in [0, 0.05) is 48.6 Å². The molecule has 2 aliphatic carbocycles. The lowest BCUT2D eigenvalue weighted by Gasteiger charge is -2.46. The number of ketones is 1. The van der Waals surface area contributed by atoms with Crippen LogP contribution >= 0.6 is 0 Å². The molecule has 14 heteroatoms. The SMILES string of the molecule is Cc1c(C(=O)C(=O)NC2(c3c[nH]nn3)CC(F)(F)C2)c2n(c1C(O)Nc1cc(F)c(F)c(F)c1)[C@@H]1C[C@@H]1C2. The number of H-pyrrole nitrogens is 1. The van der Waals surface area contributed by atoms with Gasteiger partial charge in [-0.15, -0.1) is 5.10 Å². The van der Waals surface area contributed by atoms with Crippen LogP contribution in [-0.4, -0.2) is 42.7 Å². The van der Waals surface area contributed by atoms with Crippen LogP contribution < -0.4 is 10.6 Å². The molecule has 0 bridgehead atoms. The van der Waals surface area contributed by atoms with E-state index in [4.69, 9.17) is 0 Å². The van der Waals surface area contributed by atoms with E-state index in [1.54, 1.807) is 4.57 Å². The van der Waals surface area contributed by atoms with E-state index in [2.05, 4.69) is 26.0 Å². The molecular formula is C24H21F5N6O3. The number of amides is 1. The maximum absolute atomic E-state index is 13.8. The Hall–Kier alpha value is -3.81. The number of hydrogen-bond acceptors (Lipinski definition) is 6. The summed E-state index contributed by atoms with van der Waals surface area (Å²) in [6.07, 6.45) is -0.545. The Morgan fingerprint density at radius 2 is 1.89 bits per heavy atom. The Labute approximate surface area is 211 Å². The first-order valence-electron chi connectivity index (χ1n) is 11.8. The Morgan fingerprint density at radius 3 is 2.50 bits per heavy atom. The summed E-state index contributed by atoms with van der Waals surface area (Å²) in [6, 6.07) is 1.33. The molecule has 3 atom stereocenters. The summed E-state index contributed by atoms with van der Waals surface area (Å²) in [7, 11) is 0. The van der Waals surface area contributed by atoms with Crippen LogP contribution in [0.15, 0.2) is 18.3 Å². The van der Waals surface area contributed by atoms with Crippen molar-refractivity contribution in [2.24, 2.45) is 5.92 Å². The lowest BCUT2D eigenvalue weighted by Crippen LogP contribution is -2.61. The van der Waals surface area contributed by atoms with E-state index in [9.17, 15) is 36.6 Å². The average molecular weight is 536 g/mol. The van der Waals surface area contributed by atoms with Gasteiger partial charge in [-0.1, -0.05) is 5.21 Å². The van der Waals surface area contributed by atoms with E-state index >= 15 is 0 Å². The van der Waals surface area contributed by atoms with Gasteiger partial charge < -0.3 is 20.3 Å². The van der Waals surface area contributed by atoms with Crippen LogP contribution in [0, 0.1) is 30.3 Å². The summed E-state index contributed by atoms with van der Waals surface area (Å²) in [6.45, 7) is 1.51. The van der Waals surface area contributed by atoms with Crippen molar-refractivity contribution in [2.45, 2.75) is 56.3 Å². The molecule has 0 saturated heterocycles. The van der Waals surface area contributed by atoms with E-state index < -0.39 is 59.7 Å². The summed E-state index contributed by atoms with van der Waals surface area (Å²) in [5.74, 6) is -9.49. The average Bonchev–Trinajstić information content (AvgIpc) is 3.15. The van der Waals surface area contributed by atoms with E-state index in [1.165, 1.54) is 13.1 Å². The Morgan fingerprint density at radius 1 is 1.21 bits per heavy atom. The second-order valence-corrected chi connectivity index (χ2v) is 10.2. The number of fused-ring (bicyclic) bond motifs is 3. The molecule has 6 rings (SSSR count). The normalized spacial score (nSPS) is 22.7. The Balaban J connectivity index is 1.31. The minimum atomic E-state index is -3.05. The van der Waals surface area contributed by atoms with Crippen LogP contribution in [0.5, 0.6) is 0 Å². The zero-order valence-corrected chi connectivity index (χ0v) is 19.8. The fourth-order valence-corrected chi connectivity index (χ4v) is 5.88. The van der Waals surface area contributed by atoms with Crippen molar-refractivity contribution >= 4 is 17.4 Å². The molecule has 1 unspecified atom stereocenters. The van der Waals surface area contributed by atoms with Crippen LogP contribution in [0.3, 0.4) is 0 Å². The van der Waals surface area contributed by atoms with Crippen molar-refractivity contribution < 1.29 is 36.6 Å². The fourth-order valence-electron chi connectivity index (χ4n) is 5.88. The third-order valence-electron chi connectivity index (χ3n) is 7.63. The molecule has 3 heterocycles. The standard InChI is InChI=1S/C24H21F5N6O3/c1-9-17(20(36)22(38)32-23(7-24(28,29)8-23)16-6-30-34-33-16)15-3-10-2-14(10)35(15)19(9)21(37)31-11-4-12(25)18(27)13(26)5-11/h4-6,10,14,21,31,37H,2-3,7-8H2,1H3,(H,32,38)(H,30,33,34)/t10-,14-,21?/m1/s1. The molecule has 3 aromatic rings. The van der Waals surface area contributed by atoms with Gasteiger partial charge in [0.2, 0.25) is 0 Å². The van der Waals surface area contributed by atoms with Gasteiger partial charge in [0.1, 0.15) is 5.69 Å². The number of alkyl halides is 2. The second-order valence-electron chi connectivity index (χ2n) is 10.2. The number of aromatic nitrogens is 4. The lowest BCUT2D eigenvalue weighted by molar-refractivity contribution is -0.148. The highest BCUT2D eigenvalue weighted by Gasteiger charge is 2.60. The first kappa shape index (κ1) is 24.5. The van der Waals surface area contributed by atoms with Crippen molar-refractivity contribution in [3.05, 3.63) is 64.0 Å². The maximum atomic E-state index is 13.8. The van der Waals surface area contributed by atoms with Crippen molar-refractivity contribution in [3.8, 4) is 0 Å². The zero-order valence-electron chi connectivity index (χ0n) is 19.8. The Kier molecular flexibility index (Phi) is 5.22. The van der Waals surface area contributed by atoms with E-state index in [0.717, 1.165) is 6.42 Å².